The lowest BCUT2D eigenvalue weighted by atomic mass is 10.1. The minimum absolute atomic E-state index is 0.227. The topological polar surface area (TPSA) is 83.8 Å². The van der Waals surface area contributed by atoms with Crippen LogP contribution in [0.25, 0.3) is 0 Å². The number of carboxylic acids is 1. The van der Waals surface area contributed by atoms with E-state index in [1.165, 1.54) is 0 Å². The zero-order valence-electron chi connectivity index (χ0n) is 12.9. The Hall–Kier alpha value is -1.73. The first-order valence-electron chi connectivity index (χ1n) is 7.04. The van der Waals surface area contributed by atoms with Crippen molar-refractivity contribution >= 4 is 46.9 Å². The average Bonchev–Trinajstić information content (AvgIpc) is 2.57. The van der Waals surface area contributed by atoms with Gasteiger partial charge in [0.2, 0.25) is 5.12 Å². The molecule has 25 heavy (non-hydrogen) atoms. The first-order chi connectivity index (χ1) is 11.8. The summed E-state index contributed by atoms with van der Waals surface area (Å²) in [4.78, 5) is 20.7. The van der Waals surface area contributed by atoms with Gasteiger partial charge in [0.1, 0.15) is 16.9 Å². The standard InChI is InChI=1S/C9H10O2S.C8H6Cl2O3/c10-8(9(11)12)6-7-4-2-1-3-5-7;9-5-2-1-3-6(8(5)10)13-4-7(11)12/h1-5,8,10H,6H2,(H,11,12);1-3H,4H2,(H,11,12)/t8-;/m0./s1. The van der Waals surface area contributed by atoms with Gasteiger partial charge < -0.3 is 14.9 Å². The summed E-state index contributed by atoms with van der Waals surface area (Å²) in [5.41, 5.74) is 0.937. The lowest BCUT2D eigenvalue weighted by Gasteiger charge is -2.05. The molecule has 2 aromatic carbocycles. The molecule has 5 nitrogen and oxygen atoms in total. The van der Waals surface area contributed by atoms with Crippen molar-refractivity contribution in [3.63, 3.8) is 0 Å². The number of carbonyl (C=O) groups excluding carboxylic acids is 1. The third kappa shape index (κ3) is 8.27. The molecule has 2 rings (SSSR count). The van der Waals surface area contributed by atoms with Crippen LogP contribution in [-0.4, -0.2) is 34.0 Å². The fraction of sp³-hybridized carbons (Fsp3) is 0.176. The molecule has 0 aliphatic rings. The molecular weight excluding hydrogens is 387 g/mol. The molecule has 0 aliphatic carbocycles. The monoisotopic (exact) mass is 402 g/mol. The van der Waals surface area contributed by atoms with Gasteiger partial charge in [-0.25, -0.2) is 4.79 Å². The minimum atomic E-state index is -1.06. The summed E-state index contributed by atoms with van der Waals surface area (Å²) in [5, 5.41) is 17.6. The zero-order chi connectivity index (χ0) is 18.8. The van der Waals surface area contributed by atoms with Crippen LogP contribution >= 0.6 is 35.8 Å². The molecule has 0 heterocycles. The Kier molecular flexibility index (Phi) is 9.37. The fourth-order valence-corrected chi connectivity index (χ4v) is 2.10. The van der Waals surface area contributed by atoms with E-state index in [4.69, 9.17) is 38.2 Å². The largest absolute Gasteiger partial charge is 0.480 e. The van der Waals surface area contributed by atoms with E-state index in [-0.39, 0.29) is 10.8 Å². The van der Waals surface area contributed by atoms with Crippen molar-refractivity contribution in [3.8, 4) is 5.75 Å². The molecule has 0 aliphatic heterocycles. The smallest absolute Gasteiger partial charge is 0.341 e. The minimum Gasteiger partial charge on any atom is -0.480 e. The molecule has 0 aromatic heterocycles. The van der Waals surface area contributed by atoms with Crippen LogP contribution in [0, 0.1) is 0 Å². The zero-order valence-corrected chi connectivity index (χ0v) is 15.3. The summed E-state index contributed by atoms with van der Waals surface area (Å²) in [6, 6.07) is 14.1. The number of aliphatic hydroxyl groups is 1. The number of aliphatic carboxylic acids is 1. The Morgan fingerprint density at radius 1 is 1.08 bits per heavy atom. The van der Waals surface area contributed by atoms with E-state index in [0.717, 1.165) is 5.56 Å². The summed E-state index contributed by atoms with van der Waals surface area (Å²) < 4.78 is 4.86. The number of ether oxygens (including phenoxy) is 1. The van der Waals surface area contributed by atoms with Gasteiger partial charge in [-0.2, -0.15) is 0 Å². The number of rotatable bonds is 6. The van der Waals surface area contributed by atoms with Crippen molar-refractivity contribution < 1.29 is 24.5 Å². The first kappa shape index (κ1) is 21.3. The number of thiol groups is 1. The van der Waals surface area contributed by atoms with E-state index >= 15 is 0 Å². The van der Waals surface area contributed by atoms with Gasteiger partial charge in [0.15, 0.2) is 6.61 Å². The maximum atomic E-state index is 10.6. The second-order valence-electron chi connectivity index (χ2n) is 4.78. The molecule has 0 saturated carbocycles. The summed E-state index contributed by atoms with van der Waals surface area (Å²) in [5.74, 6) is -0.785. The van der Waals surface area contributed by atoms with Crippen molar-refractivity contribution in [2.24, 2.45) is 0 Å². The summed E-state index contributed by atoms with van der Waals surface area (Å²) in [7, 11) is 0. The Balaban J connectivity index is 0.000000251. The van der Waals surface area contributed by atoms with Crippen LogP contribution in [0.3, 0.4) is 0 Å². The summed E-state index contributed by atoms with van der Waals surface area (Å²) in [6.07, 6.45) is -0.654. The summed E-state index contributed by atoms with van der Waals surface area (Å²) in [6.45, 7) is -0.430. The molecule has 8 heteroatoms. The van der Waals surface area contributed by atoms with Crippen LogP contribution in [0.5, 0.6) is 5.75 Å². The number of carbonyl (C=O) groups is 2. The quantitative estimate of drug-likeness (QED) is 0.643. The molecule has 0 spiro atoms. The van der Waals surface area contributed by atoms with E-state index < -0.39 is 23.8 Å². The van der Waals surface area contributed by atoms with Gasteiger partial charge in [-0.3, -0.25) is 4.79 Å². The van der Waals surface area contributed by atoms with Crippen LogP contribution in [0.4, 0.5) is 0 Å². The van der Waals surface area contributed by atoms with Gasteiger partial charge in [0.25, 0.3) is 0 Å². The molecule has 134 valence electrons. The third-order valence-corrected chi connectivity index (χ3v) is 3.92. The maximum absolute atomic E-state index is 10.6. The van der Waals surface area contributed by atoms with Gasteiger partial charge in [0, 0.05) is 6.42 Å². The van der Waals surface area contributed by atoms with Gasteiger partial charge in [0.05, 0.1) is 5.02 Å². The third-order valence-electron chi connectivity index (χ3n) is 2.82. The van der Waals surface area contributed by atoms with Crippen molar-refractivity contribution in [1.29, 1.82) is 0 Å². The fourth-order valence-electron chi connectivity index (χ4n) is 1.66. The first-order valence-corrected chi connectivity index (χ1v) is 8.25. The van der Waals surface area contributed by atoms with Gasteiger partial charge in [-0.1, -0.05) is 59.6 Å². The predicted molar refractivity (Wildman–Crippen MR) is 99.7 cm³/mol. The highest BCUT2D eigenvalue weighted by atomic mass is 35.5. The summed E-state index contributed by atoms with van der Waals surface area (Å²) >= 11 is 14.9. The normalized spacial score (nSPS) is 11.0. The van der Waals surface area contributed by atoms with E-state index in [1.807, 2.05) is 30.3 Å². The van der Waals surface area contributed by atoms with Crippen molar-refractivity contribution in [3.05, 3.63) is 64.1 Å². The molecule has 0 saturated heterocycles. The number of aliphatic hydroxyl groups excluding tert-OH is 1. The molecule has 0 fully saturated rings. The second kappa shape index (κ2) is 11.0. The van der Waals surface area contributed by atoms with E-state index in [2.05, 4.69) is 12.6 Å². The molecule has 1 atom stereocenters. The Bertz CT molecular complexity index is 709. The highest BCUT2D eigenvalue weighted by Crippen LogP contribution is 2.31. The average molecular weight is 403 g/mol. The lowest BCUT2D eigenvalue weighted by Crippen LogP contribution is -2.17. The molecule has 2 N–H and O–H groups in total. The van der Waals surface area contributed by atoms with E-state index in [9.17, 15) is 9.59 Å². The van der Waals surface area contributed by atoms with Crippen molar-refractivity contribution in [2.45, 2.75) is 12.5 Å². The molecule has 0 amide bonds. The molecule has 0 unspecified atom stereocenters. The van der Waals surface area contributed by atoms with Gasteiger partial charge in [-0.05, 0) is 17.7 Å². The molecular formula is C17H16Cl2O5S. The van der Waals surface area contributed by atoms with Crippen LogP contribution < -0.4 is 4.74 Å². The highest BCUT2D eigenvalue weighted by Gasteiger charge is 2.10. The van der Waals surface area contributed by atoms with Crippen LogP contribution in [0.15, 0.2) is 48.5 Å². The number of hydrogen-bond acceptors (Lipinski definition) is 4. The molecule has 2 aromatic rings. The van der Waals surface area contributed by atoms with Gasteiger partial charge in [-0.15, -0.1) is 12.6 Å². The lowest BCUT2D eigenvalue weighted by molar-refractivity contribution is -0.139. The predicted octanol–water partition coefficient (Wildman–Crippen LogP) is 3.50. The Morgan fingerprint density at radius 3 is 2.28 bits per heavy atom. The SMILES string of the molecule is O=C(O)COc1cccc(Cl)c1Cl.O=C(S)[C@@H](O)Cc1ccccc1. The number of carboxylic acid groups (broad SMARTS) is 1. The number of hydrogen-bond donors (Lipinski definition) is 3. The van der Waals surface area contributed by atoms with Crippen molar-refractivity contribution in [1.82, 2.24) is 0 Å². The molecule has 0 radical (unpaired) electrons. The second-order valence-corrected chi connectivity index (χ2v) is 6.00. The number of halogens is 2. The Labute approximate surface area is 160 Å². The van der Waals surface area contributed by atoms with E-state index in [1.54, 1.807) is 18.2 Å². The maximum Gasteiger partial charge on any atom is 0.341 e. The van der Waals surface area contributed by atoms with Crippen LogP contribution in [0.1, 0.15) is 5.56 Å². The van der Waals surface area contributed by atoms with Crippen molar-refractivity contribution in [2.75, 3.05) is 6.61 Å². The highest BCUT2D eigenvalue weighted by molar-refractivity contribution is 7.96. The number of benzene rings is 2. The molecule has 0 bridgehead atoms. The van der Waals surface area contributed by atoms with Crippen LogP contribution in [0.2, 0.25) is 10.0 Å². The Morgan fingerprint density at radius 2 is 1.72 bits per heavy atom. The van der Waals surface area contributed by atoms with Crippen LogP contribution in [-0.2, 0) is 16.0 Å². The van der Waals surface area contributed by atoms with Gasteiger partial charge >= 0.3 is 5.97 Å². The van der Waals surface area contributed by atoms with E-state index in [0.29, 0.717) is 11.4 Å².